The minimum atomic E-state index is -4.36. The van der Waals surface area contributed by atoms with Gasteiger partial charge in [0.25, 0.3) is 0 Å². The molecule has 1 unspecified atom stereocenters. The Morgan fingerprint density at radius 3 is 2.55 bits per heavy atom. The number of benzene rings is 2. The van der Waals surface area contributed by atoms with Crippen molar-refractivity contribution in [1.82, 2.24) is 10.2 Å². The van der Waals surface area contributed by atoms with Crippen molar-refractivity contribution in [2.24, 2.45) is 0 Å². The molecule has 0 N–H and O–H groups in total. The molecule has 1 saturated heterocycles. The minimum absolute atomic E-state index is 0.280. The van der Waals surface area contributed by atoms with Crippen molar-refractivity contribution in [2.75, 3.05) is 24.6 Å². The van der Waals surface area contributed by atoms with Gasteiger partial charge >= 0.3 is 6.18 Å². The van der Waals surface area contributed by atoms with Crippen LogP contribution in [-0.4, -0.2) is 29.9 Å². The van der Waals surface area contributed by atoms with Crippen molar-refractivity contribution in [1.29, 1.82) is 0 Å². The molecule has 1 fully saturated rings. The highest BCUT2D eigenvalue weighted by Gasteiger charge is 2.31. The van der Waals surface area contributed by atoms with Crippen LogP contribution in [0.1, 0.15) is 27.8 Å². The summed E-state index contributed by atoms with van der Waals surface area (Å²) in [5, 5.41) is 9.75. The Kier molecular flexibility index (Phi) is 5.51. The minimum Gasteiger partial charge on any atom is -0.370 e. The number of alkyl halides is 3. The molecule has 0 radical (unpaired) electrons. The molecule has 1 aliphatic rings. The number of rotatable bonds is 4. The molecule has 2 aromatic carbocycles. The number of hydrogen-bond acceptors (Lipinski definition) is 5. The second kappa shape index (κ2) is 8.08. The summed E-state index contributed by atoms with van der Waals surface area (Å²) >= 11 is 1.38. The second-order valence-corrected chi connectivity index (χ2v) is 7.71. The molecule has 29 heavy (non-hydrogen) atoms. The Bertz CT molecular complexity index is 974. The van der Waals surface area contributed by atoms with E-state index in [0.717, 1.165) is 12.1 Å². The predicted molar refractivity (Wildman–Crippen MR) is 101 cm³/mol. The summed E-state index contributed by atoms with van der Waals surface area (Å²) in [5.74, 6) is -0.280. The Balaban J connectivity index is 1.45. The molecule has 4 rings (SSSR count). The van der Waals surface area contributed by atoms with Gasteiger partial charge in [-0.1, -0.05) is 41.7 Å². The molecule has 2 heterocycles. The monoisotopic (exact) mass is 423 g/mol. The molecular formula is C20H17F4N3OS. The third-order valence-electron chi connectivity index (χ3n) is 4.70. The standard InChI is InChI=1S/C20H17F4N3OS/c21-16-4-2-1-3-14(16)11-18-25-26-19(29-18)27-9-10-28-17(12-27)13-5-7-15(8-6-13)20(22,23)24/h1-8,17H,9-12H2. The number of anilines is 1. The summed E-state index contributed by atoms with van der Waals surface area (Å²) in [7, 11) is 0. The van der Waals surface area contributed by atoms with Gasteiger partial charge in [0.05, 0.1) is 18.7 Å². The molecule has 4 nitrogen and oxygen atoms in total. The lowest BCUT2D eigenvalue weighted by Gasteiger charge is -2.32. The Labute approximate surface area is 168 Å². The van der Waals surface area contributed by atoms with Gasteiger partial charge in [-0.15, -0.1) is 10.2 Å². The van der Waals surface area contributed by atoms with Crippen LogP contribution in [0.3, 0.4) is 0 Å². The van der Waals surface area contributed by atoms with Gasteiger partial charge in [-0.2, -0.15) is 13.2 Å². The van der Waals surface area contributed by atoms with Crippen molar-refractivity contribution < 1.29 is 22.3 Å². The zero-order valence-corrected chi connectivity index (χ0v) is 16.0. The van der Waals surface area contributed by atoms with Gasteiger partial charge < -0.3 is 9.64 Å². The fraction of sp³-hybridized carbons (Fsp3) is 0.300. The molecule has 0 saturated carbocycles. The number of morpholine rings is 1. The number of halogens is 4. The fourth-order valence-corrected chi connectivity index (χ4v) is 4.06. The lowest BCUT2D eigenvalue weighted by molar-refractivity contribution is -0.137. The van der Waals surface area contributed by atoms with Gasteiger partial charge in [0.1, 0.15) is 16.9 Å². The van der Waals surface area contributed by atoms with Crippen LogP contribution in [0.4, 0.5) is 22.7 Å². The van der Waals surface area contributed by atoms with Gasteiger partial charge in [0.15, 0.2) is 0 Å². The van der Waals surface area contributed by atoms with E-state index < -0.39 is 11.7 Å². The molecule has 1 aliphatic heterocycles. The van der Waals surface area contributed by atoms with Gasteiger partial charge in [0.2, 0.25) is 5.13 Å². The molecule has 9 heteroatoms. The SMILES string of the molecule is Fc1ccccc1Cc1nnc(N2CCOC(c3ccc(C(F)(F)F)cc3)C2)s1. The highest BCUT2D eigenvalue weighted by Crippen LogP contribution is 2.32. The van der Waals surface area contributed by atoms with Gasteiger partial charge in [0, 0.05) is 13.0 Å². The quantitative estimate of drug-likeness (QED) is 0.562. The van der Waals surface area contributed by atoms with Crippen LogP contribution >= 0.6 is 11.3 Å². The van der Waals surface area contributed by atoms with Crippen molar-refractivity contribution in [3.8, 4) is 0 Å². The zero-order valence-electron chi connectivity index (χ0n) is 15.2. The summed E-state index contributed by atoms with van der Waals surface area (Å²) in [5.41, 5.74) is 0.550. The van der Waals surface area contributed by atoms with Crippen molar-refractivity contribution in [3.05, 3.63) is 76.0 Å². The Morgan fingerprint density at radius 1 is 1.07 bits per heavy atom. The first-order chi connectivity index (χ1) is 13.9. The van der Waals surface area contributed by atoms with Gasteiger partial charge in [-0.05, 0) is 29.3 Å². The number of ether oxygens (including phenoxy) is 1. The van der Waals surface area contributed by atoms with E-state index in [0.29, 0.717) is 47.4 Å². The van der Waals surface area contributed by atoms with E-state index in [1.807, 2.05) is 4.90 Å². The van der Waals surface area contributed by atoms with E-state index in [2.05, 4.69) is 10.2 Å². The highest BCUT2D eigenvalue weighted by molar-refractivity contribution is 7.15. The molecule has 1 atom stereocenters. The zero-order chi connectivity index (χ0) is 20.4. The molecule has 1 aromatic heterocycles. The molecule has 152 valence electrons. The van der Waals surface area contributed by atoms with E-state index >= 15 is 0 Å². The third kappa shape index (κ3) is 4.56. The lowest BCUT2D eigenvalue weighted by Crippen LogP contribution is -2.38. The summed E-state index contributed by atoms with van der Waals surface area (Å²) in [4.78, 5) is 1.99. The van der Waals surface area contributed by atoms with Gasteiger partial charge in [-0.3, -0.25) is 0 Å². The summed E-state index contributed by atoms with van der Waals surface area (Å²) in [6.07, 6.45) is -4.36. The van der Waals surface area contributed by atoms with Crippen LogP contribution in [0.25, 0.3) is 0 Å². The highest BCUT2D eigenvalue weighted by atomic mass is 32.1. The van der Waals surface area contributed by atoms with E-state index in [9.17, 15) is 17.6 Å². The number of nitrogens with zero attached hydrogens (tertiary/aromatic N) is 3. The van der Waals surface area contributed by atoms with Crippen LogP contribution in [0.2, 0.25) is 0 Å². The summed E-state index contributed by atoms with van der Waals surface area (Å²) < 4.78 is 57.8. The van der Waals surface area contributed by atoms with Gasteiger partial charge in [-0.25, -0.2) is 4.39 Å². The average Bonchev–Trinajstić information content (AvgIpc) is 3.18. The van der Waals surface area contributed by atoms with Crippen molar-refractivity contribution in [3.63, 3.8) is 0 Å². The van der Waals surface area contributed by atoms with Crippen molar-refractivity contribution >= 4 is 16.5 Å². The maximum Gasteiger partial charge on any atom is 0.416 e. The van der Waals surface area contributed by atoms with E-state index in [4.69, 9.17) is 4.74 Å². The molecular weight excluding hydrogens is 406 g/mol. The third-order valence-corrected chi connectivity index (χ3v) is 5.69. The molecule has 0 amide bonds. The predicted octanol–water partition coefficient (Wildman–Crippen LogP) is 4.86. The lowest BCUT2D eigenvalue weighted by atomic mass is 10.1. The number of hydrogen-bond donors (Lipinski definition) is 0. The maximum atomic E-state index is 13.8. The Morgan fingerprint density at radius 2 is 1.83 bits per heavy atom. The Hall–Kier alpha value is -2.52. The summed E-state index contributed by atoms with van der Waals surface area (Å²) in [6, 6.07) is 11.6. The molecule has 0 bridgehead atoms. The van der Waals surface area contributed by atoms with E-state index in [-0.39, 0.29) is 11.9 Å². The average molecular weight is 423 g/mol. The van der Waals surface area contributed by atoms with Crippen LogP contribution < -0.4 is 4.90 Å². The first-order valence-electron chi connectivity index (χ1n) is 8.99. The van der Waals surface area contributed by atoms with E-state index in [1.165, 1.54) is 29.5 Å². The first-order valence-corrected chi connectivity index (χ1v) is 9.81. The normalized spacial score (nSPS) is 17.5. The topological polar surface area (TPSA) is 38.2 Å². The second-order valence-electron chi connectivity index (χ2n) is 6.67. The smallest absolute Gasteiger partial charge is 0.370 e. The van der Waals surface area contributed by atoms with Crippen molar-refractivity contribution in [2.45, 2.75) is 18.7 Å². The fourth-order valence-electron chi connectivity index (χ4n) is 3.16. The summed E-state index contributed by atoms with van der Waals surface area (Å²) in [6.45, 7) is 1.49. The molecule has 0 spiro atoms. The van der Waals surface area contributed by atoms with Crippen LogP contribution in [0.15, 0.2) is 48.5 Å². The first kappa shape index (κ1) is 19.8. The van der Waals surface area contributed by atoms with Crippen LogP contribution in [0.5, 0.6) is 0 Å². The van der Waals surface area contributed by atoms with Crippen LogP contribution in [-0.2, 0) is 17.3 Å². The largest absolute Gasteiger partial charge is 0.416 e. The van der Waals surface area contributed by atoms with Crippen LogP contribution in [0, 0.1) is 5.82 Å². The molecule has 3 aromatic rings. The number of aromatic nitrogens is 2. The molecule has 0 aliphatic carbocycles. The van der Waals surface area contributed by atoms with E-state index in [1.54, 1.807) is 18.2 Å². The maximum absolute atomic E-state index is 13.8.